The molecule has 0 spiro atoms. The zero-order chi connectivity index (χ0) is 12.7. The Labute approximate surface area is 77.9 Å². The van der Waals surface area contributed by atoms with E-state index in [-0.39, 0.29) is 7.11 Å². The number of hydrogen-bond acceptors (Lipinski definition) is 1. The molecule has 0 aliphatic heterocycles. The first-order valence-corrected chi connectivity index (χ1v) is 4.97. The van der Waals surface area contributed by atoms with Crippen LogP contribution in [0.25, 0.3) is 0 Å². The lowest BCUT2D eigenvalue weighted by molar-refractivity contribution is -0.189. The first-order valence-electron chi connectivity index (χ1n) is 3.06. The Morgan fingerprint density at radius 3 is 0.867 bits per heavy atom. The van der Waals surface area contributed by atoms with Crippen LogP contribution in [0.1, 0.15) is 0 Å². The number of hydrogen-bond donors (Lipinski definition) is 0. The van der Waals surface area contributed by atoms with Gasteiger partial charge in [0.2, 0.25) is 0 Å². The Balaban J connectivity index is 5.78. The minimum absolute atomic E-state index is 0.249. The van der Waals surface area contributed by atoms with Crippen LogP contribution in [0.15, 0.2) is 0 Å². The molecule has 0 atom stereocenters. The van der Waals surface area contributed by atoms with Gasteiger partial charge < -0.3 is 4.43 Å². The maximum absolute atomic E-state index is 11.9. The van der Waals surface area contributed by atoms with Gasteiger partial charge >= 0.3 is 25.7 Å². The highest BCUT2D eigenvalue weighted by molar-refractivity contribution is 6.79. The standard InChI is InChI=1S/C4H3F9OSi/c1-14-15(2(5,6)7,3(8,9)10)4(11,12)13/h1H3. The van der Waals surface area contributed by atoms with Gasteiger partial charge in [-0.25, -0.2) is 0 Å². The van der Waals surface area contributed by atoms with Crippen molar-refractivity contribution in [2.45, 2.75) is 17.4 Å². The van der Waals surface area contributed by atoms with Crippen LogP contribution in [-0.2, 0) is 4.43 Å². The normalized spacial score (nSPS) is 15.6. The van der Waals surface area contributed by atoms with E-state index < -0.39 is 25.7 Å². The molecule has 0 fully saturated rings. The summed E-state index contributed by atoms with van der Waals surface area (Å²) in [4.78, 5) is 0. The molecule has 0 unspecified atom stereocenters. The molecule has 0 rings (SSSR count). The van der Waals surface area contributed by atoms with Gasteiger partial charge in [-0.05, 0) is 0 Å². The van der Waals surface area contributed by atoms with Crippen molar-refractivity contribution in [1.29, 1.82) is 0 Å². The Morgan fingerprint density at radius 1 is 0.667 bits per heavy atom. The highest BCUT2D eigenvalue weighted by Gasteiger charge is 2.89. The van der Waals surface area contributed by atoms with Crippen LogP contribution in [0.3, 0.4) is 0 Å². The third kappa shape index (κ3) is 2.07. The minimum Gasteiger partial charge on any atom is -0.400 e. The summed E-state index contributed by atoms with van der Waals surface area (Å²) in [6.07, 6.45) is 0. The van der Waals surface area contributed by atoms with Crippen molar-refractivity contribution >= 4 is 8.32 Å². The molecule has 0 aliphatic carbocycles. The molecule has 0 aromatic rings. The van der Waals surface area contributed by atoms with E-state index in [0.29, 0.717) is 0 Å². The monoisotopic (exact) mass is 266 g/mol. The van der Waals surface area contributed by atoms with Crippen LogP contribution in [0.4, 0.5) is 39.5 Å². The van der Waals surface area contributed by atoms with Gasteiger partial charge in [0.1, 0.15) is 0 Å². The first kappa shape index (κ1) is 14.5. The van der Waals surface area contributed by atoms with Crippen molar-refractivity contribution in [3.8, 4) is 0 Å². The minimum atomic E-state index is -7.87. The molecule has 11 heteroatoms. The summed E-state index contributed by atoms with van der Waals surface area (Å²) in [6.45, 7) is 0. The Kier molecular flexibility index (Phi) is 3.43. The molecule has 92 valence electrons. The molecule has 15 heavy (non-hydrogen) atoms. The lowest BCUT2D eigenvalue weighted by Gasteiger charge is -2.33. The summed E-state index contributed by atoms with van der Waals surface area (Å²) in [5.74, 6) is -19.5. The van der Waals surface area contributed by atoms with E-state index in [0.717, 1.165) is 0 Å². The van der Waals surface area contributed by atoms with E-state index in [1.54, 1.807) is 0 Å². The van der Waals surface area contributed by atoms with Crippen molar-refractivity contribution < 1.29 is 43.9 Å². The summed E-state index contributed by atoms with van der Waals surface area (Å²) < 4.78 is 110. The second-order valence-electron chi connectivity index (χ2n) is 2.38. The van der Waals surface area contributed by atoms with Crippen LogP contribution >= 0.6 is 0 Å². The Bertz CT molecular complexity index is 188. The summed E-state index contributed by atoms with van der Waals surface area (Å²) in [5.41, 5.74) is 0. The quantitative estimate of drug-likeness (QED) is 0.524. The van der Waals surface area contributed by atoms with Crippen molar-refractivity contribution in [2.24, 2.45) is 0 Å². The molecule has 0 aromatic heterocycles. The lowest BCUT2D eigenvalue weighted by atomic mass is 11.4. The zero-order valence-corrected chi connectivity index (χ0v) is 7.81. The van der Waals surface area contributed by atoms with Crippen LogP contribution in [-0.4, -0.2) is 32.8 Å². The lowest BCUT2D eigenvalue weighted by Crippen LogP contribution is -2.73. The predicted octanol–water partition coefficient (Wildman–Crippen LogP) is 2.88. The van der Waals surface area contributed by atoms with Gasteiger partial charge in [-0.3, -0.25) is 0 Å². The Hall–Kier alpha value is -0.453. The largest absolute Gasteiger partial charge is 0.547 e. The molecule has 0 N–H and O–H groups in total. The maximum Gasteiger partial charge on any atom is 0.547 e. The number of halogens is 9. The van der Waals surface area contributed by atoms with Crippen LogP contribution in [0, 0.1) is 0 Å². The molecule has 0 radical (unpaired) electrons. The topological polar surface area (TPSA) is 9.23 Å². The number of rotatable bonds is 1. The summed E-state index contributed by atoms with van der Waals surface area (Å²) >= 11 is 0. The van der Waals surface area contributed by atoms with Crippen molar-refractivity contribution in [2.75, 3.05) is 7.11 Å². The fraction of sp³-hybridized carbons (Fsp3) is 1.00. The van der Waals surface area contributed by atoms with Gasteiger partial charge in [-0.1, -0.05) is 0 Å². The molecule has 0 aliphatic rings. The van der Waals surface area contributed by atoms with E-state index in [1.165, 1.54) is 0 Å². The highest BCUT2D eigenvalue weighted by atomic mass is 28.4. The molecule has 0 saturated carbocycles. The van der Waals surface area contributed by atoms with Crippen molar-refractivity contribution in [3.05, 3.63) is 0 Å². The van der Waals surface area contributed by atoms with E-state index in [4.69, 9.17) is 0 Å². The molecule has 0 aromatic carbocycles. The van der Waals surface area contributed by atoms with Gasteiger partial charge in [0.05, 0.1) is 0 Å². The molecular formula is C4H3F9OSi. The second kappa shape index (κ2) is 3.54. The average Bonchev–Trinajstić information content (AvgIpc) is 1.76. The maximum atomic E-state index is 11.9. The van der Waals surface area contributed by atoms with Gasteiger partial charge in [0.25, 0.3) is 0 Å². The summed E-state index contributed by atoms with van der Waals surface area (Å²) in [5, 5.41) is 0. The molecule has 1 nitrogen and oxygen atoms in total. The van der Waals surface area contributed by atoms with Gasteiger partial charge in [-0.15, -0.1) is 0 Å². The van der Waals surface area contributed by atoms with E-state index in [9.17, 15) is 39.5 Å². The van der Waals surface area contributed by atoms with E-state index in [1.807, 2.05) is 0 Å². The third-order valence-corrected chi connectivity index (χ3v) is 4.51. The van der Waals surface area contributed by atoms with Gasteiger partial charge in [0.15, 0.2) is 0 Å². The predicted molar refractivity (Wildman–Crippen MR) is 30.9 cm³/mol. The molecule has 0 heterocycles. The summed E-state index contributed by atoms with van der Waals surface area (Å²) in [7, 11) is -8.12. The average molecular weight is 266 g/mol. The summed E-state index contributed by atoms with van der Waals surface area (Å²) in [6, 6.07) is 0. The van der Waals surface area contributed by atoms with E-state index >= 15 is 0 Å². The highest BCUT2D eigenvalue weighted by Crippen LogP contribution is 2.50. The van der Waals surface area contributed by atoms with Crippen LogP contribution in [0.5, 0.6) is 0 Å². The smallest absolute Gasteiger partial charge is 0.400 e. The fourth-order valence-corrected chi connectivity index (χ4v) is 2.49. The van der Waals surface area contributed by atoms with Crippen molar-refractivity contribution in [3.63, 3.8) is 0 Å². The third-order valence-electron chi connectivity index (χ3n) is 1.50. The van der Waals surface area contributed by atoms with Gasteiger partial charge in [0, 0.05) is 7.11 Å². The van der Waals surface area contributed by atoms with Crippen LogP contribution < -0.4 is 0 Å². The van der Waals surface area contributed by atoms with Crippen molar-refractivity contribution in [1.82, 2.24) is 0 Å². The SMILES string of the molecule is CO[Si](C(F)(F)F)(C(F)(F)F)C(F)(F)F. The molecular weight excluding hydrogens is 263 g/mol. The molecule has 0 amide bonds. The molecule has 0 saturated heterocycles. The second-order valence-corrected chi connectivity index (χ2v) is 5.85. The molecule has 0 bridgehead atoms. The van der Waals surface area contributed by atoms with Crippen LogP contribution in [0.2, 0.25) is 0 Å². The fourth-order valence-electron chi connectivity index (χ4n) is 0.829. The first-order chi connectivity index (χ1) is 6.31. The number of alkyl halides is 9. The zero-order valence-electron chi connectivity index (χ0n) is 6.81. The Morgan fingerprint density at radius 2 is 0.867 bits per heavy atom. The van der Waals surface area contributed by atoms with Gasteiger partial charge in [-0.2, -0.15) is 39.5 Å². The van der Waals surface area contributed by atoms with E-state index in [2.05, 4.69) is 4.43 Å².